The van der Waals surface area contributed by atoms with E-state index in [2.05, 4.69) is 10.5 Å². The van der Waals surface area contributed by atoms with Gasteiger partial charge >= 0.3 is 0 Å². The highest BCUT2D eigenvalue weighted by Gasteiger charge is 1.92. The van der Waals surface area contributed by atoms with E-state index in [9.17, 15) is 0 Å². The predicted octanol–water partition coefficient (Wildman–Crippen LogP) is 0.152. The van der Waals surface area contributed by atoms with E-state index in [-0.39, 0.29) is 5.96 Å². The fourth-order valence-corrected chi connectivity index (χ4v) is 1.07. The SMILES string of the molecule is Cc1cccc(OCCNN=C(N)N)c1. The molecule has 0 aromatic heterocycles. The number of hydrogen-bond donors (Lipinski definition) is 3. The first-order valence-corrected chi connectivity index (χ1v) is 4.69. The van der Waals surface area contributed by atoms with Gasteiger partial charge in [-0.05, 0) is 24.6 Å². The van der Waals surface area contributed by atoms with Crippen molar-refractivity contribution in [2.75, 3.05) is 13.2 Å². The number of aryl methyl sites for hydroxylation is 1. The molecule has 0 radical (unpaired) electrons. The van der Waals surface area contributed by atoms with E-state index in [4.69, 9.17) is 16.2 Å². The van der Waals surface area contributed by atoms with Gasteiger partial charge in [0.2, 0.25) is 5.96 Å². The monoisotopic (exact) mass is 208 g/mol. The number of guanidine groups is 1. The molecule has 1 aromatic carbocycles. The Morgan fingerprint density at radius 1 is 1.47 bits per heavy atom. The van der Waals surface area contributed by atoms with Crippen LogP contribution in [-0.2, 0) is 0 Å². The molecule has 0 saturated heterocycles. The highest BCUT2D eigenvalue weighted by atomic mass is 16.5. The van der Waals surface area contributed by atoms with Crippen molar-refractivity contribution >= 4 is 5.96 Å². The van der Waals surface area contributed by atoms with Crippen molar-refractivity contribution in [1.29, 1.82) is 0 Å². The Bertz CT molecular complexity index is 334. The van der Waals surface area contributed by atoms with Crippen molar-refractivity contribution in [3.63, 3.8) is 0 Å². The number of hydrazone groups is 1. The molecule has 5 heteroatoms. The van der Waals surface area contributed by atoms with Crippen molar-refractivity contribution in [2.45, 2.75) is 6.92 Å². The summed E-state index contributed by atoms with van der Waals surface area (Å²) < 4.78 is 5.46. The normalized spacial score (nSPS) is 9.40. The van der Waals surface area contributed by atoms with Crippen molar-refractivity contribution in [3.05, 3.63) is 29.8 Å². The fraction of sp³-hybridized carbons (Fsp3) is 0.300. The van der Waals surface area contributed by atoms with Gasteiger partial charge in [0.05, 0.1) is 6.54 Å². The molecule has 15 heavy (non-hydrogen) atoms. The molecule has 82 valence electrons. The van der Waals surface area contributed by atoms with Gasteiger partial charge in [-0.2, -0.15) is 0 Å². The Hall–Kier alpha value is -1.91. The summed E-state index contributed by atoms with van der Waals surface area (Å²) in [5.41, 5.74) is 14.1. The van der Waals surface area contributed by atoms with Crippen molar-refractivity contribution < 1.29 is 4.74 Å². The molecule has 0 saturated carbocycles. The highest BCUT2D eigenvalue weighted by Crippen LogP contribution is 2.11. The maximum absolute atomic E-state index is 5.46. The number of ether oxygens (including phenoxy) is 1. The zero-order valence-electron chi connectivity index (χ0n) is 8.73. The average molecular weight is 208 g/mol. The summed E-state index contributed by atoms with van der Waals surface area (Å²) in [7, 11) is 0. The van der Waals surface area contributed by atoms with Crippen LogP contribution in [0, 0.1) is 6.92 Å². The van der Waals surface area contributed by atoms with E-state index in [1.54, 1.807) is 0 Å². The fourth-order valence-electron chi connectivity index (χ4n) is 1.07. The lowest BCUT2D eigenvalue weighted by atomic mass is 10.2. The molecular formula is C10H16N4O. The largest absolute Gasteiger partial charge is 0.492 e. The topological polar surface area (TPSA) is 85.7 Å². The molecule has 0 unspecified atom stereocenters. The van der Waals surface area contributed by atoms with Crippen LogP contribution in [0.3, 0.4) is 0 Å². The summed E-state index contributed by atoms with van der Waals surface area (Å²) in [5, 5.41) is 3.62. The van der Waals surface area contributed by atoms with E-state index in [0.29, 0.717) is 13.2 Å². The van der Waals surface area contributed by atoms with Crippen LogP contribution in [0.25, 0.3) is 0 Å². The first-order chi connectivity index (χ1) is 7.18. The number of nitrogens with zero attached hydrogens (tertiary/aromatic N) is 1. The Kier molecular flexibility index (Phi) is 4.28. The van der Waals surface area contributed by atoms with E-state index >= 15 is 0 Å². The van der Waals surface area contributed by atoms with Gasteiger partial charge in [0, 0.05) is 0 Å². The van der Waals surface area contributed by atoms with Gasteiger partial charge in [-0.1, -0.05) is 12.1 Å². The van der Waals surface area contributed by atoms with Crippen molar-refractivity contribution in [3.8, 4) is 5.75 Å². The lowest BCUT2D eigenvalue weighted by molar-refractivity contribution is 0.315. The van der Waals surface area contributed by atoms with Gasteiger partial charge in [-0.3, -0.25) is 0 Å². The molecule has 1 aromatic rings. The second-order valence-corrected chi connectivity index (χ2v) is 3.11. The third kappa shape index (κ3) is 4.75. The third-order valence-corrected chi connectivity index (χ3v) is 1.68. The van der Waals surface area contributed by atoms with E-state index in [1.807, 2.05) is 31.2 Å². The van der Waals surface area contributed by atoms with Crippen LogP contribution in [0.15, 0.2) is 29.4 Å². The zero-order valence-corrected chi connectivity index (χ0v) is 8.73. The molecule has 0 fully saturated rings. The van der Waals surface area contributed by atoms with Gasteiger partial charge in [0.1, 0.15) is 12.4 Å². The summed E-state index contributed by atoms with van der Waals surface area (Å²) >= 11 is 0. The van der Waals surface area contributed by atoms with E-state index in [1.165, 1.54) is 5.56 Å². The van der Waals surface area contributed by atoms with Crippen LogP contribution in [-0.4, -0.2) is 19.1 Å². The molecule has 0 heterocycles. The van der Waals surface area contributed by atoms with Crippen LogP contribution >= 0.6 is 0 Å². The van der Waals surface area contributed by atoms with Crippen LogP contribution < -0.4 is 21.6 Å². The van der Waals surface area contributed by atoms with Crippen LogP contribution in [0.1, 0.15) is 5.56 Å². The maximum Gasteiger partial charge on any atom is 0.208 e. The Morgan fingerprint density at radius 3 is 2.93 bits per heavy atom. The molecule has 0 aliphatic rings. The minimum Gasteiger partial charge on any atom is -0.492 e. The second kappa shape index (κ2) is 5.74. The minimum absolute atomic E-state index is 0.0190. The predicted molar refractivity (Wildman–Crippen MR) is 60.5 cm³/mol. The Morgan fingerprint density at radius 2 is 2.27 bits per heavy atom. The van der Waals surface area contributed by atoms with Crippen LogP contribution in [0.5, 0.6) is 5.75 Å². The lowest BCUT2D eigenvalue weighted by Crippen LogP contribution is -2.27. The third-order valence-electron chi connectivity index (χ3n) is 1.68. The molecular weight excluding hydrogens is 192 g/mol. The molecule has 0 spiro atoms. The summed E-state index contributed by atoms with van der Waals surface area (Å²) in [6.07, 6.45) is 0. The highest BCUT2D eigenvalue weighted by molar-refractivity contribution is 5.75. The van der Waals surface area contributed by atoms with Crippen molar-refractivity contribution in [2.24, 2.45) is 16.6 Å². The molecule has 0 aliphatic heterocycles. The Labute approximate surface area is 89.1 Å². The average Bonchev–Trinajstić information content (AvgIpc) is 2.17. The Balaban J connectivity index is 2.23. The molecule has 5 N–H and O–H groups in total. The van der Waals surface area contributed by atoms with Crippen LogP contribution in [0.2, 0.25) is 0 Å². The molecule has 0 atom stereocenters. The summed E-state index contributed by atoms with van der Waals surface area (Å²) in [4.78, 5) is 0. The standard InChI is InChI=1S/C10H16N4O/c1-8-3-2-4-9(7-8)15-6-5-13-14-10(11)12/h2-4,7,13H,5-6H2,1H3,(H4,11,12,14). The zero-order chi connectivity index (χ0) is 11.1. The number of nitrogens with one attached hydrogen (secondary N) is 1. The number of hydrogen-bond acceptors (Lipinski definition) is 3. The van der Waals surface area contributed by atoms with Gasteiger partial charge < -0.3 is 21.6 Å². The van der Waals surface area contributed by atoms with Crippen LogP contribution in [0.4, 0.5) is 0 Å². The summed E-state index contributed by atoms with van der Waals surface area (Å²) in [6.45, 7) is 3.09. The first-order valence-electron chi connectivity index (χ1n) is 4.69. The van der Waals surface area contributed by atoms with Gasteiger partial charge in [-0.15, -0.1) is 5.10 Å². The number of benzene rings is 1. The first kappa shape index (κ1) is 11.2. The van der Waals surface area contributed by atoms with Gasteiger partial charge in [0.15, 0.2) is 0 Å². The number of nitrogens with two attached hydrogens (primary N) is 2. The maximum atomic E-state index is 5.46. The molecule has 1 rings (SSSR count). The molecule has 0 amide bonds. The summed E-state index contributed by atoms with van der Waals surface area (Å²) in [5.74, 6) is 0.868. The number of rotatable bonds is 5. The van der Waals surface area contributed by atoms with Gasteiger partial charge in [0.25, 0.3) is 0 Å². The van der Waals surface area contributed by atoms with E-state index < -0.39 is 0 Å². The summed E-state index contributed by atoms with van der Waals surface area (Å²) in [6, 6.07) is 7.85. The van der Waals surface area contributed by atoms with Gasteiger partial charge in [-0.25, -0.2) is 0 Å². The van der Waals surface area contributed by atoms with E-state index in [0.717, 1.165) is 5.75 Å². The minimum atomic E-state index is 0.0190. The molecule has 5 nitrogen and oxygen atoms in total. The molecule has 0 aliphatic carbocycles. The van der Waals surface area contributed by atoms with Crippen molar-refractivity contribution in [1.82, 2.24) is 5.43 Å². The smallest absolute Gasteiger partial charge is 0.208 e. The quantitative estimate of drug-likeness (QED) is 0.278. The second-order valence-electron chi connectivity index (χ2n) is 3.11. The molecule has 0 bridgehead atoms. The lowest BCUT2D eigenvalue weighted by Gasteiger charge is -2.06.